The summed E-state index contributed by atoms with van der Waals surface area (Å²) in [6.07, 6.45) is 0. The van der Waals surface area contributed by atoms with Gasteiger partial charge in [-0.2, -0.15) is 0 Å². The topological polar surface area (TPSA) is 40.5 Å². The quantitative estimate of drug-likeness (QED) is 0.884. The summed E-state index contributed by atoms with van der Waals surface area (Å²) in [5.74, 6) is 0. The first kappa shape index (κ1) is 11.8. The number of hydrogen-bond donors (Lipinski definition) is 2. The normalized spacial score (nSPS) is 19.0. The van der Waals surface area contributed by atoms with Crippen LogP contribution in [0.2, 0.25) is 0 Å². The summed E-state index contributed by atoms with van der Waals surface area (Å²) in [6.45, 7) is 3.30. The fourth-order valence-corrected chi connectivity index (χ4v) is 3.37. The van der Waals surface area contributed by atoms with Gasteiger partial charge in [-0.25, -0.2) is 0 Å². The average molecular weight is 254 g/mol. The lowest BCUT2D eigenvalue weighted by Crippen LogP contribution is -2.43. The van der Waals surface area contributed by atoms with Gasteiger partial charge in [0.05, 0.1) is 0 Å². The van der Waals surface area contributed by atoms with Crippen molar-refractivity contribution >= 4 is 22.7 Å². The standard InChI is InChI=1S/C12H14O2S2/c1-11(13,9-5-3-7-15-9)12(2,14)10-6-4-8-16-10/h3-8,13-14H,1-2H3. The molecular formula is C12H14O2S2. The summed E-state index contributed by atoms with van der Waals surface area (Å²) in [5, 5.41) is 24.9. The molecule has 2 aromatic rings. The first-order valence-electron chi connectivity index (χ1n) is 4.99. The molecule has 0 saturated heterocycles. The zero-order chi connectivity index (χ0) is 11.8. The van der Waals surface area contributed by atoms with E-state index in [0.717, 1.165) is 9.75 Å². The Bertz CT molecular complexity index is 397. The summed E-state index contributed by atoms with van der Waals surface area (Å²) in [6, 6.07) is 7.43. The van der Waals surface area contributed by atoms with Crippen LogP contribution in [0, 0.1) is 0 Å². The maximum atomic E-state index is 10.5. The van der Waals surface area contributed by atoms with Gasteiger partial charge in [-0.3, -0.25) is 0 Å². The highest BCUT2D eigenvalue weighted by Gasteiger charge is 2.45. The molecule has 2 heterocycles. The molecule has 2 unspecified atom stereocenters. The molecule has 0 amide bonds. The lowest BCUT2D eigenvalue weighted by Gasteiger charge is -2.37. The van der Waals surface area contributed by atoms with Gasteiger partial charge in [-0.15, -0.1) is 22.7 Å². The number of aliphatic hydroxyl groups is 2. The zero-order valence-corrected chi connectivity index (χ0v) is 10.8. The van der Waals surface area contributed by atoms with Crippen molar-refractivity contribution in [2.45, 2.75) is 25.0 Å². The van der Waals surface area contributed by atoms with Crippen molar-refractivity contribution in [3.8, 4) is 0 Å². The van der Waals surface area contributed by atoms with E-state index in [0.29, 0.717) is 0 Å². The van der Waals surface area contributed by atoms with Crippen molar-refractivity contribution in [2.24, 2.45) is 0 Å². The van der Waals surface area contributed by atoms with Crippen molar-refractivity contribution in [3.05, 3.63) is 44.8 Å². The highest BCUT2D eigenvalue weighted by Crippen LogP contribution is 2.43. The van der Waals surface area contributed by atoms with E-state index in [1.807, 2.05) is 35.0 Å². The molecule has 0 aromatic carbocycles. The molecule has 0 bridgehead atoms. The monoisotopic (exact) mass is 254 g/mol. The molecular weight excluding hydrogens is 240 g/mol. The Morgan fingerprint density at radius 3 is 1.50 bits per heavy atom. The van der Waals surface area contributed by atoms with Crippen molar-refractivity contribution in [1.29, 1.82) is 0 Å². The Labute approximate surface area is 103 Å². The molecule has 86 valence electrons. The van der Waals surface area contributed by atoms with Gasteiger partial charge in [-0.1, -0.05) is 12.1 Å². The van der Waals surface area contributed by atoms with Gasteiger partial charge in [0.2, 0.25) is 0 Å². The minimum absolute atomic E-state index is 0.769. The van der Waals surface area contributed by atoms with E-state index in [4.69, 9.17) is 0 Å². The first-order chi connectivity index (χ1) is 7.46. The fourth-order valence-electron chi connectivity index (χ4n) is 1.59. The van der Waals surface area contributed by atoms with Gasteiger partial charge in [0.15, 0.2) is 0 Å². The van der Waals surface area contributed by atoms with E-state index >= 15 is 0 Å². The second-order valence-corrected chi connectivity index (χ2v) is 5.99. The smallest absolute Gasteiger partial charge is 0.129 e. The van der Waals surface area contributed by atoms with Crippen LogP contribution in [0.1, 0.15) is 23.6 Å². The molecule has 2 aromatic heterocycles. The van der Waals surface area contributed by atoms with Gasteiger partial charge >= 0.3 is 0 Å². The van der Waals surface area contributed by atoms with Crippen molar-refractivity contribution in [2.75, 3.05) is 0 Å². The van der Waals surface area contributed by atoms with Crippen LogP contribution in [0.15, 0.2) is 35.0 Å². The maximum absolute atomic E-state index is 10.5. The molecule has 0 aliphatic heterocycles. The van der Waals surface area contributed by atoms with E-state index in [9.17, 15) is 10.2 Å². The van der Waals surface area contributed by atoms with Gasteiger partial charge in [0.25, 0.3) is 0 Å². The fraction of sp³-hybridized carbons (Fsp3) is 0.333. The largest absolute Gasteiger partial charge is 0.381 e. The molecule has 0 aliphatic carbocycles. The Morgan fingerprint density at radius 1 is 0.875 bits per heavy atom. The van der Waals surface area contributed by atoms with Gasteiger partial charge in [0.1, 0.15) is 11.2 Å². The third kappa shape index (κ3) is 1.72. The molecule has 0 saturated carbocycles. The van der Waals surface area contributed by atoms with Crippen LogP contribution in [-0.4, -0.2) is 10.2 Å². The van der Waals surface area contributed by atoms with E-state index in [-0.39, 0.29) is 0 Å². The number of thiophene rings is 2. The zero-order valence-electron chi connectivity index (χ0n) is 9.18. The summed E-state index contributed by atoms with van der Waals surface area (Å²) < 4.78 is 0. The van der Waals surface area contributed by atoms with Crippen molar-refractivity contribution in [1.82, 2.24) is 0 Å². The third-order valence-electron chi connectivity index (χ3n) is 2.95. The molecule has 0 fully saturated rings. The maximum Gasteiger partial charge on any atom is 0.129 e. The molecule has 0 radical (unpaired) electrons. The second kappa shape index (κ2) is 3.96. The molecule has 2 N–H and O–H groups in total. The highest BCUT2D eigenvalue weighted by molar-refractivity contribution is 7.10. The molecule has 0 spiro atoms. The van der Waals surface area contributed by atoms with Crippen LogP contribution in [0.4, 0.5) is 0 Å². The van der Waals surface area contributed by atoms with Crippen LogP contribution < -0.4 is 0 Å². The molecule has 0 aliphatic rings. The third-order valence-corrected chi connectivity index (χ3v) is 5.11. The Kier molecular flexibility index (Phi) is 2.92. The Balaban J connectivity index is 2.44. The number of hydrogen-bond acceptors (Lipinski definition) is 4. The molecule has 4 heteroatoms. The summed E-state index contributed by atoms with van der Waals surface area (Å²) in [7, 11) is 0. The predicted molar refractivity (Wildman–Crippen MR) is 67.8 cm³/mol. The van der Waals surface area contributed by atoms with Gasteiger partial charge in [0, 0.05) is 9.75 Å². The van der Waals surface area contributed by atoms with Crippen LogP contribution >= 0.6 is 22.7 Å². The number of rotatable bonds is 3. The molecule has 2 rings (SSSR count). The average Bonchev–Trinajstić information content (AvgIpc) is 2.91. The SMILES string of the molecule is CC(O)(c1cccs1)C(C)(O)c1cccs1. The minimum Gasteiger partial charge on any atom is -0.381 e. The van der Waals surface area contributed by atoms with Crippen LogP contribution in [0.3, 0.4) is 0 Å². The van der Waals surface area contributed by atoms with Crippen LogP contribution in [0.25, 0.3) is 0 Å². The van der Waals surface area contributed by atoms with Crippen LogP contribution in [-0.2, 0) is 11.2 Å². The van der Waals surface area contributed by atoms with E-state index in [2.05, 4.69) is 0 Å². The summed E-state index contributed by atoms with van der Waals surface area (Å²) >= 11 is 2.90. The predicted octanol–water partition coefficient (Wildman–Crippen LogP) is 2.92. The minimum atomic E-state index is -1.27. The highest BCUT2D eigenvalue weighted by atomic mass is 32.1. The van der Waals surface area contributed by atoms with Gasteiger partial charge in [-0.05, 0) is 36.7 Å². The van der Waals surface area contributed by atoms with Gasteiger partial charge < -0.3 is 10.2 Å². The Hall–Kier alpha value is -0.680. The van der Waals surface area contributed by atoms with Crippen molar-refractivity contribution in [3.63, 3.8) is 0 Å². The van der Waals surface area contributed by atoms with E-state index < -0.39 is 11.2 Å². The summed E-state index contributed by atoms with van der Waals surface area (Å²) in [5.41, 5.74) is -2.54. The van der Waals surface area contributed by atoms with Crippen molar-refractivity contribution < 1.29 is 10.2 Å². The summed E-state index contributed by atoms with van der Waals surface area (Å²) in [4.78, 5) is 1.54. The molecule has 2 atom stereocenters. The van der Waals surface area contributed by atoms with Crippen LogP contribution in [0.5, 0.6) is 0 Å². The molecule has 2 nitrogen and oxygen atoms in total. The lowest BCUT2D eigenvalue weighted by atomic mass is 9.83. The second-order valence-electron chi connectivity index (χ2n) is 4.10. The Morgan fingerprint density at radius 2 is 1.25 bits per heavy atom. The lowest BCUT2D eigenvalue weighted by molar-refractivity contribution is -0.138. The molecule has 16 heavy (non-hydrogen) atoms. The van der Waals surface area contributed by atoms with E-state index in [1.54, 1.807) is 13.8 Å². The first-order valence-corrected chi connectivity index (χ1v) is 6.75. The van der Waals surface area contributed by atoms with E-state index in [1.165, 1.54) is 22.7 Å².